The molecule has 2 atom stereocenters. The predicted molar refractivity (Wildman–Crippen MR) is 61.8 cm³/mol. The average molecular weight is 217 g/mol. The molecule has 16 heavy (non-hydrogen) atoms. The fourth-order valence-corrected chi connectivity index (χ4v) is 1.75. The number of hydrogen-bond acceptors (Lipinski definition) is 3. The minimum Gasteiger partial charge on any atom is -0.389 e. The van der Waals surface area contributed by atoms with Crippen LogP contribution in [0.5, 0.6) is 0 Å². The van der Waals surface area contributed by atoms with Crippen molar-refractivity contribution in [2.45, 2.75) is 12.2 Å². The monoisotopic (exact) mass is 217 g/mol. The highest BCUT2D eigenvalue weighted by Crippen LogP contribution is 2.08. The Bertz CT molecular complexity index is 383. The van der Waals surface area contributed by atoms with E-state index in [1.165, 1.54) is 0 Å². The van der Waals surface area contributed by atoms with Gasteiger partial charge in [-0.25, -0.2) is 0 Å². The van der Waals surface area contributed by atoms with Gasteiger partial charge in [-0.05, 0) is 12.1 Å². The van der Waals surface area contributed by atoms with Crippen molar-refractivity contribution >= 4 is 0 Å². The Morgan fingerprint density at radius 3 is 2.38 bits per heavy atom. The van der Waals surface area contributed by atoms with Crippen LogP contribution in [0.1, 0.15) is 5.56 Å². The van der Waals surface area contributed by atoms with Gasteiger partial charge in [-0.1, -0.05) is 30.0 Å². The number of β-amino-alcohol motifs (C(OH)–C–C–N with tert-alkyl or cyclic N) is 2. The Balaban J connectivity index is 1.87. The quantitative estimate of drug-likeness (QED) is 0.655. The van der Waals surface area contributed by atoms with Crippen molar-refractivity contribution in [3.05, 3.63) is 35.9 Å². The average Bonchev–Trinajstić information content (AvgIpc) is 2.60. The standard InChI is InChI=1S/C13H15NO2/c15-12-9-14(10-13(12)16)8-4-7-11-5-2-1-3-6-11/h1-3,5-6,12-13,15-16H,8-10H2. The Kier molecular flexibility index (Phi) is 3.58. The van der Waals surface area contributed by atoms with Crippen LogP contribution in [0, 0.1) is 11.8 Å². The Labute approximate surface area is 95.3 Å². The second kappa shape index (κ2) is 5.13. The third-order valence-electron chi connectivity index (χ3n) is 2.64. The van der Waals surface area contributed by atoms with Crippen molar-refractivity contribution in [2.24, 2.45) is 0 Å². The lowest BCUT2D eigenvalue weighted by Gasteiger charge is -2.08. The van der Waals surface area contributed by atoms with Crippen LogP contribution >= 0.6 is 0 Å². The fourth-order valence-electron chi connectivity index (χ4n) is 1.75. The van der Waals surface area contributed by atoms with Crippen molar-refractivity contribution < 1.29 is 10.2 Å². The summed E-state index contributed by atoms with van der Waals surface area (Å²) >= 11 is 0. The van der Waals surface area contributed by atoms with Crippen LogP contribution in [0.4, 0.5) is 0 Å². The zero-order valence-corrected chi connectivity index (χ0v) is 9.00. The van der Waals surface area contributed by atoms with E-state index < -0.39 is 12.2 Å². The number of hydrogen-bond donors (Lipinski definition) is 2. The normalized spacial score (nSPS) is 25.1. The summed E-state index contributed by atoms with van der Waals surface area (Å²) in [6.07, 6.45) is -1.25. The Hall–Kier alpha value is -1.34. The van der Waals surface area contributed by atoms with E-state index in [9.17, 15) is 10.2 Å². The molecule has 1 aliphatic heterocycles. The SMILES string of the molecule is OC1CN(CC#Cc2ccccc2)CC1O. The van der Waals surface area contributed by atoms with Crippen LogP contribution in [-0.4, -0.2) is 47.0 Å². The molecule has 0 bridgehead atoms. The lowest BCUT2D eigenvalue weighted by molar-refractivity contribution is 0.0572. The number of aliphatic hydroxyl groups excluding tert-OH is 2. The van der Waals surface area contributed by atoms with Gasteiger partial charge in [-0.3, -0.25) is 4.90 Å². The van der Waals surface area contributed by atoms with Crippen LogP contribution in [0.3, 0.4) is 0 Å². The molecule has 1 fully saturated rings. The van der Waals surface area contributed by atoms with Crippen LogP contribution in [-0.2, 0) is 0 Å². The van der Waals surface area contributed by atoms with Crippen molar-refractivity contribution in [1.29, 1.82) is 0 Å². The number of nitrogens with zero attached hydrogens (tertiary/aromatic N) is 1. The summed E-state index contributed by atoms with van der Waals surface area (Å²) in [6.45, 7) is 1.60. The number of likely N-dealkylation sites (tertiary alicyclic amines) is 1. The first-order valence-corrected chi connectivity index (χ1v) is 5.38. The third-order valence-corrected chi connectivity index (χ3v) is 2.64. The lowest BCUT2D eigenvalue weighted by Crippen LogP contribution is -2.22. The molecule has 0 radical (unpaired) electrons. The molecule has 2 unspecified atom stereocenters. The summed E-state index contributed by atoms with van der Waals surface area (Å²) in [6, 6.07) is 9.78. The van der Waals surface area contributed by atoms with E-state index in [4.69, 9.17) is 0 Å². The van der Waals surface area contributed by atoms with Gasteiger partial charge in [0.2, 0.25) is 0 Å². The van der Waals surface area contributed by atoms with E-state index in [0.717, 1.165) is 5.56 Å². The molecule has 3 heteroatoms. The molecule has 0 amide bonds. The molecule has 0 aromatic heterocycles. The molecule has 2 N–H and O–H groups in total. The van der Waals surface area contributed by atoms with E-state index in [-0.39, 0.29) is 0 Å². The van der Waals surface area contributed by atoms with Crippen LogP contribution in [0.2, 0.25) is 0 Å². The lowest BCUT2D eigenvalue weighted by atomic mass is 10.2. The van der Waals surface area contributed by atoms with Gasteiger partial charge < -0.3 is 10.2 Å². The van der Waals surface area contributed by atoms with Gasteiger partial charge >= 0.3 is 0 Å². The van der Waals surface area contributed by atoms with E-state index in [0.29, 0.717) is 19.6 Å². The minimum atomic E-state index is -0.626. The summed E-state index contributed by atoms with van der Waals surface area (Å²) in [7, 11) is 0. The molecule has 0 spiro atoms. The summed E-state index contributed by atoms with van der Waals surface area (Å²) in [5, 5.41) is 18.7. The van der Waals surface area contributed by atoms with Gasteiger partial charge in [0.25, 0.3) is 0 Å². The summed E-state index contributed by atoms with van der Waals surface area (Å²) in [4.78, 5) is 1.95. The molecule has 0 aliphatic carbocycles. The summed E-state index contributed by atoms with van der Waals surface area (Å²) in [5.41, 5.74) is 0.989. The molecule has 1 aromatic rings. The molecule has 1 heterocycles. The van der Waals surface area contributed by atoms with Gasteiger partial charge in [0.15, 0.2) is 0 Å². The fraction of sp³-hybridized carbons (Fsp3) is 0.385. The zero-order valence-electron chi connectivity index (χ0n) is 9.00. The summed E-state index contributed by atoms with van der Waals surface area (Å²) < 4.78 is 0. The minimum absolute atomic E-state index is 0.505. The maximum Gasteiger partial charge on any atom is 0.0938 e. The second-order valence-electron chi connectivity index (χ2n) is 4.00. The second-order valence-corrected chi connectivity index (χ2v) is 4.00. The largest absolute Gasteiger partial charge is 0.389 e. The smallest absolute Gasteiger partial charge is 0.0938 e. The first-order chi connectivity index (χ1) is 7.75. The molecular formula is C13H15NO2. The molecular weight excluding hydrogens is 202 g/mol. The van der Waals surface area contributed by atoms with Crippen LogP contribution in [0.15, 0.2) is 30.3 Å². The predicted octanol–water partition coefficient (Wildman–Crippen LogP) is 0.0755. The van der Waals surface area contributed by atoms with E-state index >= 15 is 0 Å². The van der Waals surface area contributed by atoms with Gasteiger partial charge in [0, 0.05) is 18.7 Å². The number of aliphatic hydroxyl groups is 2. The molecule has 1 saturated heterocycles. The molecule has 3 nitrogen and oxygen atoms in total. The summed E-state index contributed by atoms with van der Waals surface area (Å²) in [5.74, 6) is 6.08. The Morgan fingerprint density at radius 2 is 1.75 bits per heavy atom. The number of rotatable bonds is 1. The van der Waals surface area contributed by atoms with E-state index in [1.54, 1.807) is 0 Å². The van der Waals surface area contributed by atoms with Gasteiger partial charge in [0.05, 0.1) is 18.8 Å². The van der Waals surface area contributed by atoms with Crippen molar-refractivity contribution in [3.63, 3.8) is 0 Å². The van der Waals surface area contributed by atoms with Crippen molar-refractivity contribution in [3.8, 4) is 11.8 Å². The van der Waals surface area contributed by atoms with Gasteiger partial charge in [-0.2, -0.15) is 0 Å². The van der Waals surface area contributed by atoms with Crippen LogP contribution in [0.25, 0.3) is 0 Å². The molecule has 0 saturated carbocycles. The number of benzene rings is 1. The molecule has 84 valence electrons. The molecule has 1 aromatic carbocycles. The van der Waals surface area contributed by atoms with Crippen molar-refractivity contribution in [2.75, 3.05) is 19.6 Å². The third kappa shape index (κ3) is 2.83. The topological polar surface area (TPSA) is 43.7 Å². The maximum absolute atomic E-state index is 9.34. The molecule has 1 aliphatic rings. The van der Waals surface area contributed by atoms with Crippen molar-refractivity contribution in [1.82, 2.24) is 4.90 Å². The molecule has 2 rings (SSSR count). The highest BCUT2D eigenvalue weighted by Gasteiger charge is 2.28. The first-order valence-electron chi connectivity index (χ1n) is 5.38. The van der Waals surface area contributed by atoms with Crippen LogP contribution < -0.4 is 0 Å². The highest BCUT2D eigenvalue weighted by atomic mass is 16.3. The highest BCUT2D eigenvalue weighted by molar-refractivity contribution is 5.33. The first kappa shape index (κ1) is 11.2. The van der Waals surface area contributed by atoms with Gasteiger partial charge in [0.1, 0.15) is 0 Å². The van der Waals surface area contributed by atoms with E-state index in [1.807, 2.05) is 35.2 Å². The maximum atomic E-state index is 9.34. The van der Waals surface area contributed by atoms with E-state index in [2.05, 4.69) is 11.8 Å². The zero-order chi connectivity index (χ0) is 11.4. The Morgan fingerprint density at radius 1 is 1.12 bits per heavy atom. The van der Waals surface area contributed by atoms with Gasteiger partial charge in [-0.15, -0.1) is 0 Å².